The van der Waals surface area contributed by atoms with E-state index >= 15 is 0 Å². The van der Waals surface area contributed by atoms with Gasteiger partial charge in [0.1, 0.15) is 11.5 Å². The summed E-state index contributed by atoms with van der Waals surface area (Å²) in [6.45, 7) is 24.6. The third-order valence-electron chi connectivity index (χ3n) is 13.0. The van der Waals surface area contributed by atoms with Crippen molar-refractivity contribution in [3.05, 3.63) is 68.7 Å². The molecule has 0 aliphatic heterocycles. The molecule has 1 aromatic carbocycles. The van der Waals surface area contributed by atoms with Crippen molar-refractivity contribution in [2.45, 2.75) is 265 Å². The van der Waals surface area contributed by atoms with Gasteiger partial charge >= 0.3 is 0 Å². The van der Waals surface area contributed by atoms with Crippen molar-refractivity contribution < 1.29 is 9.47 Å². The molecule has 63 heavy (non-hydrogen) atoms. The van der Waals surface area contributed by atoms with Crippen molar-refractivity contribution in [2.24, 2.45) is 0 Å². The fourth-order valence-corrected chi connectivity index (χ4v) is 8.78. The average molecular weight is 877 g/mol. The quantitative estimate of drug-likeness (QED) is 0.0304. The third-order valence-corrected chi connectivity index (χ3v) is 13.0. The lowest BCUT2D eigenvalue weighted by Gasteiger charge is -2.23. The zero-order valence-corrected chi connectivity index (χ0v) is 42.0. The highest BCUT2D eigenvalue weighted by Gasteiger charge is 2.18. The summed E-state index contributed by atoms with van der Waals surface area (Å²) in [5.74, 6) is 1.93. The molecule has 0 saturated carbocycles. The van der Waals surface area contributed by atoms with E-state index < -0.39 is 10.9 Å². The number of allylic oxidation sites excluding steroid dienone is 2. The van der Waals surface area contributed by atoms with E-state index in [9.17, 15) is 9.59 Å². The van der Waals surface area contributed by atoms with Crippen LogP contribution in [0.5, 0.6) is 0 Å². The molecule has 1 aromatic rings. The van der Waals surface area contributed by atoms with Crippen LogP contribution in [0.25, 0.3) is 6.08 Å². The minimum Gasteiger partial charge on any atom is -0.487 e. The first kappa shape index (κ1) is 58.2. The number of unbranched alkanes of at least 4 members (excludes halogenated alkanes) is 23. The molecule has 0 spiro atoms. The molecule has 6 nitrogen and oxygen atoms in total. The van der Waals surface area contributed by atoms with Gasteiger partial charge in [-0.25, -0.2) is 0 Å². The first-order chi connectivity index (χ1) is 30.9. The summed E-state index contributed by atoms with van der Waals surface area (Å²) in [5, 5.41) is 3.22. The van der Waals surface area contributed by atoms with Gasteiger partial charge in [-0.3, -0.25) is 9.59 Å². The number of nitrogens with one attached hydrogen (secondary N) is 1. The minimum absolute atomic E-state index is 0.290. The van der Waals surface area contributed by atoms with Crippen LogP contribution in [-0.4, -0.2) is 43.3 Å². The molecule has 1 atom stereocenters. The van der Waals surface area contributed by atoms with E-state index in [-0.39, 0.29) is 6.10 Å². The largest absolute Gasteiger partial charge is 0.487 e. The van der Waals surface area contributed by atoms with Crippen molar-refractivity contribution in [1.29, 1.82) is 0 Å². The molecular weight excluding hydrogens is 777 g/mol. The van der Waals surface area contributed by atoms with Gasteiger partial charge in [0.25, 0.3) is 0 Å². The Kier molecular flexibility index (Phi) is 38.7. The van der Waals surface area contributed by atoms with E-state index in [2.05, 4.69) is 69.1 Å². The van der Waals surface area contributed by atoms with Gasteiger partial charge in [-0.1, -0.05) is 200 Å². The second-order valence-corrected chi connectivity index (χ2v) is 18.6. The second-order valence-electron chi connectivity index (χ2n) is 18.6. The highest BCUT2D eigenvalue weighted by Crippen LogP contribution is 2.23. The zero-order valence-electron chi connectivity index (χ0n) is 42.0. The topological polar surface area (TPSA) is 67.9 Å². The standard InChI is InChI=1S/C57H100N2O4/c1-8-15-18-21-26-33-41-50(11-4)62-51(12-5)42-34-29-24-31-38-47-59(49-40-46-58-55-54(14-7)56(60)57(55)61)48-39-32-25-30-35-43-52(13-6)63-53(44-36-27-22-19-16-9-2)45-37-28-23-20-17-10-3/h14,50,53,58H,5-11,15-49H2,1-4H3. The molecule has 0 radical (unpaired) electrons. The Morgan fingerprint density at radius 2 is 0.905 bits per heavy atom. The van der Waals surface area contributed by atoms with Gasteiger partial charge < -0.3 is 19.7 Å². The van der Waals surface area contributed by atoms with Crippen molar-refractivity contribution in [3.8, 4) is 0 Å². The van der Waals surface area contributed by atoms with Crippen LogP contribution in [0.15, 0.2) is 52.3 Å². The summed E-state index contributed by atoms with van der Waals surface area (Å²) < 4.78 is 13.0. The molecule has 0 aliphatic rings. The summed E-state index contributed by atoms with van der Waals surface area (Å²) in [4.78, 5) is 26.5. The van der Waals surface area contributed by atoms with Crippen LogP contribution in [0.3, 0.4) is 0 Å². The second kappa shape index (κ2) is 41.9. The zero-order chi connectivity index (χ0) is 46.0. The third kappa shape index (κ3) is 30.1. The van der Waals surface area contributed by atoms with Gasteiger partial charge in [-0.05, 0) is 96.7 Å². The van der Waals surface area contributed by atoms with E-state index in [4.69, 9.17) is 9.47 Å². The molecule has 1 N–H and O–H groups in total. The number of hydrogen-bond acceptors (Lipinski definition) is 6. The monoisotopic (exact) mass is 877 g/mol. The molecule has 1 rings (SSSR count). The smallest absolute Gasteiger partial charge is 0.250 e. The van der Waals surface area contributed by atoms with Crippen LogP contribution in [0.4, 0.5) is 5.69 Å². The Morgan fingerprint density at radius 3 is 1.33 bits per heavy atom. The fourth-order valence-electron chi connectivity index (χ4n) is 8.78. The predicted octanol–water partition coefficient (Wildman–Crippen LogP) is 16.5. The van der Waals surface area contributed by atoms with E-state index in [0.717, 1.165) is 88.9 Å². The van der Waals surface area contributed by atoms with Crippen molar-refractivity contribution in [3.63, 3.8) is 0 Å². The Hall–Kier alpha value is -2.78. The molecule has 1 unspecified atom stereocenters. The van der Waals surface area contributed by atoms with E-state index in [1.807, 2.05) is 0 Å². The molecule has 0 fully saturated rings. The summed E-state index contributed by atoms with van der Waals surface area (Å²) in [7, 11) is 0. The lowest BCUT2D eigenvalue weighted by Crippen LogP contribution is -2.37. The fraction of sp³-hybridized carbons (Fsp3) is 0.789. The number of nitrogens with zero attached hydrogens (tertiary/aromatic N) is 1. The molecule has 0 saturated heterocycles. The van der Waals surface area contributed by atoms with Crippen LogP contribution in [0.2, 0.25) is 0 Å². The predicted molar refractivity (Wildman–Crippen MR) is 276 cm³/mol. The lowest BCUT2D eigenvalue weighted by atomic mass is 10.0. The van der Waals surface area contributed by atoms with Crippen LogP contribution >= 0.6 is 0 Å². The maximum Gasteiger partial charge on any atom is 0.250 e. The molecule has 0 heterocycles. The van der Waals surface area contributed by atoms with E-state index in [0.29, 0.717) is 23.9 Å². The normalized spacial score (nSPS) is 11.8. The van der Waals surface area contributed by atoms with Crippen molar-refractivity contribution >= 4 is 11.8 Å². The summed E-state index contributed by atoms with van der Waals surface area (Å²) in [5.41, 5.74) is 6.32. The summed E-state index contributed by atoms with van der Waals surface area (Å²) in [6, 6.07) is 0. The Balaban J connectivity index is 2.50. The molecule has 0 bridgehead atoms. The Labute approximate surface area is 389 Å². The van der Waals surface area contributed by atoms with Crippen LogP contribution in [0, 0.1) is 0 Å². The maximum atomic E-state index is 12.0. The maximum absolute atomic E-state index is 12.0. The Morgan fingerprint density at radius 1 is 0.524 bits per heavy atom. The van der Waals surface area contributed by atoms with Gasteiger partial charge in [-0.2, -0.15) is 0 Å². The molecule has 362 valence electrons. The van der Waals surface area contributed by atoms with Crippen molar-refractivity contribution in [2.75, 3.05) is 31.5 Å². The van der Waals surface area contributed by atoms with Crippen LogP contribution in [-0.2, 0) is 9.47 Å². The van der Waals surface area contributed by atoms with E-state index in [1.165, 1.54) is 173 Å². The van der Waals surface area contributed by atoms with Gasteiger partial charge in [0.15, 0.2) is 0 Å². The number of rotatable bonds is 48. The molecule has 6 heteroatoms. The van der Waals surface area contributed by atoms with Crippen LogP contribution in [0.1, 0.15) is 258 Å². The first-order valence-electron chi connectivity index (χ1n) is 26.9. The van der Waals surface area contributed by atoms with Gasteiger partial charge in [0.05, 0.1) is 23.5 Å². The number of ether oxygens (including phenoxy) is 2. The molecular formula is C57H100N2O4. The minimum atomic E-state index is -0.424. The van der Waals surface area contributed by atoms with Crippen molar-refractivity contribution in [1.82, 2.24) is 4.90 Å². The Bertz CT molecular complexity index is 1400. The van der Waals surface area contributed by atoms with Gasteiger partial charge in [-0.15, -0.1) is 0 Å². The van der Waals surface area contributed by atoms with Gasteiger partial charge in [0, 0.05) is 19.4 Å². The SMILES string of the molecule is C=C=C(CCCCCCCN(CCCCCCCC(=C=C)OC(CCCCCCCC)CCCCCCCC)CCCNc1c(C=C)c(=O)c1=O)OC(CC)CCCCCCCC. The highest BCUT2D eigenvalue weighted by molar-refractivity contribution is 5.69. The first-order valence-corrected chi connectivity index (χ1v) is 26.9. The van der Waals surface area contributed by atoms with E-state index in [1.54, 1.807) is 0 Å². The number of hydrogen-bond donors (Lipinski definition) is 1. The molecule has 0 aromatic heterocycles. The lowest BCUT2D eigenvalue weighted by molar-refractivity contribution is 0.0890. The number of anilines is 1. The molecule has 0 aliphatic carbocycles. The van der Waals surface area contributed by atoms with Crippen LogP contribution < -0.4 is 16.2 Å². The van der Waals surface area contributed by atoms with Gasteiger partial charge in [0.2, 0.25) is 10.9 Å². The highest BCUT2D eigenvalue weighted by atomic mass is 16.5. The summed E-state index contributed by atoms with van der Waals surface area (Å²) >= 11 is 0. The average Bonchev–Trinajstić information content (AvgIpc) is 3.30. The summed E-state index contributed by atoms with van der Waals surface area (Å²) in [6.07, 6.45) is 45.2. The molecule has 0 amide bonds.